The first-order valence-electron chi connectivity index (χ1n) is 5.85. The van der Waals surface area contributed by atoms with E-state index in [1.54, 1.807) is 4.57 Å². The summed E-state index contributed by atoms with van der Waals surface area (Å²) in [6, 6.07) is 6.00. The summed E-state index contributed by atoms with van der Waals surface area (Å²) in [5.41, 5.74) is 2.17. The second kappa shape index (κ2) is 4.72. The largest absolute Gasteiger partial charge is 0.396 e. The van der Waals surface area contributed by atoms with Crippen molar-refractivity contribution in [1.29, 1.82) is 0 Å². The average Bonchev–Trinajstić information content (AvgIpc) is 2.32. The molecule has 2 aromatic rings. The van der Waals surface area contributed by atoms with Gasteiger partial charge in [-0.2, -0.15) is 0 Å². The second-order valence-electron chi connectivity index (χ2n) is 4.38. The minimum atomic E-state index is 0.0390. The zero-order chi connectivity index (χ0) is 12.4. The van der Waals surface area contributed by atoms with Gasteiger partial charge in [0.15, 0.2) is 0 Å². The Labute approximate surface area is 100 Å². The minimum Gasteiger partial charge on any atom is -0.396 e. The van der Waals surface area contributed by atoms with Gasteiger partial charge in [0.25, 0.3) is 5.56 Å². The molecule has 1 N–H and O–H groups in total. The van der Waals surface area contributed by atoms with Gasteiger partial charge in [0.2, 0.25) is 0 Å². The second-order valence-corrected chi connectivity index (χ2v) is 4.38. The smallest absolute Gasteiger partial charge is 0.258 e. The Bertz CT molecular complexity index is 599. The molecule has 0 aliphatic carbocycles. The van der Waals surface area contributed by atoms with Gasteiger partial charge in [0.1, 0.15) is 0 Å². The first-order chi connectivity index (χ1) is 8.15. The van der Waals surface area contributed by atoms with Crippen molar-refractivity contribution in [3.05, 3.63) is 45.9 Å². The zero-order valence-electron chi connectivity index (χ0n) is 10.2. The van der Waals surface area contributed by atoms with Crippen LogP contribution in [0.2, 0.25) is 0 Å². The van der Waals surface area contributed by atoms with Crippen LogP contribution in [-0.2, 0) is 6.54 Å². The lowest BCUT2D eigenvalue weighted by molar-refractivity contribution is 0.279. The predicted molar refractivity (Wildman–Crippen MR) is 69.4 cm³/mol. The Kier molecular flexibility index (Phi) is 3.29. The van der Waals surface area contributed by atoms with Crippen molar-refractivity contribution in [1.82, 2.24) is 4.57 Å². The number of aliphatic hydroxyl groups excluding tert-OH is 1. The van der Waals surface area contributed by atoms with Gasteiger partial charge in [0, 0.05) is 19.3 Å². The molecule has 90 valence electrons. The molecule has 0 aliphatic rings. The number of fused-ring (bicyclic) bond motifs is 1. The molecule has 0 radical (unpaired) electrons. The molecule has 1 heterocycles. The molecule has 0 unspecified atom stereocenters. The van der Waals surface area contributed by atoms with Crippen LogP contribution in [-0.4, -0.2) is 16.3 Å². The summed E-state index contributed by atoms with van der Waals surface area (Å²) < 4.78 is 1.67. The van der Waals surface area contributed by atoms with Crippen molar-refractivity contribution in [2.75, 3.05) is 6.61 Å². The topological polar surface area (TPSA) is 42.2 Å². The zero-order valence-corrected chi connectivity index (χ0v) is 10.2. The fourth-order valence-electron chi connectivity index (χ4n) is 2.12. The molecule has 1 aromatic carbocycles. The van der Waals surface area contributed by atoms with E-state index in [9.17, 15) is 4.79 Å². The lowest BCUT2D eigenvalue weighted by Crippen LogP contribution is -2.20. The molecule has 2 rings (SSSR count). The first kappa shape index (κ1) is 11.9. The van der Waals surface area contributed by atoms with Gasteiger partial charge in [-0.05, 0) is 42.8 Å². The van der Waals surface area contributed by atoms with Crippen molar-refractivity contribution in [3.8, 4) is 0 Å². The number of aryl methyl sites for hydroxylation is 3. The number of benzene rings is 1. The highest BCUT2D eigenvalue weighted by Crippen LogP contribution is 2.18. The summed E-state index contributed by atoms with van der Waals surface area (Å²) in [6.07, 6.45) is 2.42. The van der Waals surface area contributed by atoms with Crippen LogP contribution in [0.1, 0.15) is 17.5 Å². The van der Waals surface area contributed by atoms with Crippen LogP contribution in [0.15, 0.2) is 29.2 Å². The van der Waals surface area contributed by atoms with E-state index < -0.39 is 0 Å². The van der Waals surface area contributed by atoms with E-state index in [-0.39, 0.29) is 12.2 Å². The van der Waals surface area contributed by atoms with Crippen LogP contribution in [0.3, 0.4) is 0 Å². The third kappa shape index (κ3) is 2.11. The molecule has 0 fully saturated rings. The van der Waals surface area contributed by atoms with E-state index in [4.69, 9.17) is 5.11 Å². The van der Waals surface area contributed by atoms with Crippen LogP contribution in [0, 0.1) is 13.8 Å². The summed E-state index contributed by atoms with van der Waals surface area (Å²) >= 11 is 0. The maximum absolute atomic E-state index is 12.3. The summed E-state index contributed by atoms with van der Waals surface area (Å²) in [7, 11) is 0. The van der Waals surface area contributed by atoms with E-state index in [0.29, 0.717) is 13.0 Å². The number of hydrogen-bond acceptors (Lipinski definition) is 2. The SMILES string of the molecule is Cc1ccc(C)c2c(=O)n(CCCO)ccc12. The van der Waals surface area contributed by atoms with Gasteiger partial charge in [-0.1, -0.05) is 12.1 Å². The maximum Gasteiger partial charge on any atom is 0.258 e. The van der Waals surface area contributed by atoms with Crippen molar-refractivity contribution < 1.29 is 5.11 Å². The molecule has 17 heavy (non-hydrogen) atoms. The highest BCUT2D eigenvalue weighted by molar-refractivity contribution is 5.87. The van der Waals surface area contributed by atoms with Crippen LogP contribution in [0.4, 0.5) is 0 Å². The number of nitrogens with zero attached hydrogens (tertiary/aromatic N) is 1. The van der Waals surface area contributed by atoms with E-state index >= 15 is 0 Å². The normalized spacial score (nSPS) is 11.0. The molecular formula is C14H17NO2. The van der Waals surface area contributed by atoms with Gasteiger partial charge in [0.05, 0.1) is 5.39 Å². The fraction of sp³-hybridized carbons (Fsp3) is 0.357. The Morgan fingerprint density at radius 1 is 1.18 bits per heavy atom. The van der Waals surface area contributed by atoms with Crippen LogP contribution in [0.5, 0.6) is 0 Å². The van der Waals surface area contributed by atoms with Crippen molar-refractivity contribution >= 4 is 10.8 Å². The predicted octanol–water partition coefficient (Wildman–Crippen LogP) is 2.00. The highest BCUT2D eigenvalue weighted by Gasteiger charge is 2.07. The molecule has 0 atom stereocenters. The highest BCUT2D eigenvalue weighted by atomic mass is 16.3. The van der Waals surface area contributed by atoms with Gasteiger partial charge in [-0.15, -0.1) is 0 Å². The Morgan fingerprint density at radius 3 is 2.59 bits per heavy atom. The third-order valence-corrected chi connectivity index (χ3v) is 3.12. The first-order valence-corrected chi connectivity index (χ1v) is 5.85. The number of hydrogen-bond donors (Lipinski definition) is 1. The molecule has 0 aliphatic heterocycles. The van der Waals surface area contributed by atoms with E-state index in [1.807, 2.05) is 38.2 Å². The molecule has 3 nitrogen and oxygen atoms in total. The van der Waals surface area contributed by atoms with Crippen molar-refractivity contribution in [2.24, 2.45) is 0 Å². The summed E-state index contributed by atoms with van der Waals surface area (Å²) in [6.45, 7) is 4.65. The lowest BCUT2D eigenvalue weighted by Gasteiger charge is -2.09. The van der Waals surface area contributed by atoms with E-state index in [1.165, 1.54) is 0 Å². The quantitative estimate of drug-likeness (QED) is 0.878. The molecule has 0 amide bonds. The molecule has 0 spiro atoms. The minimum absolute atomic E-state index is 0.0390. The number of aromatic nitrogens is 1. The Hall–Kier alpha value is -1.61. The molecule has 0 saturated heterocycles. The van der Waals surface area contributed by atoms with E-state index in [2.05, 4.69) is 0 Å². The average molecular weight is 231 g/mol. The third-order valence-electron chi connectivity index (χ3n) is 3.12. The Balaban J connectivity index is 2.67. The number of rotatable bonds is 3. The molecule has 1 aromatic heterocycles. The summed E-state index contributed by atoms with van der Waals surface area (Å²) in [5, 5.41) is 10.6. The van der Waals surface area contributed by atoms with Crippen LogP contribution < -0.4 is 5.56 Å². The van der Waals surface area contributed by atoms with Crippen LogP contribution in [0.25, 0.3) is 10.8 Å². The standard InChI is InChI=1S/C14H17NO2/c1-10-4-5-11(2)13-12(10)6-8-15(14(13)17)7-3-9-16/h4-6,8,16H,3,7,9H2,1-2H3. The fourth-order valence-corrected chi connectivity index (χ4v) is 2.12. The number of pyridine rings is 1. The van der Waals surface area contributed by atoms with Gasteiger partial charge >= 0.3 is 0 Å². The molecular weight excluding hydrogens is 214 g/mol. The molecule has 3 heteroatoms. The maximum atomic E-state index is 12.3. The van der Waals surface area contributed by atoms with Gasteiger partial charge in [-0.3, -0.25) is 4.79 Å². The van der Waals surface area contributed by atoms with Crippen molar-refractivity contribution in [2.45, 2.75) is 26.8 Å². The summed E-state index contributed by atoms with van der Waals surface area (Å²) in [5.74, 6) is 0. The molecule has 0 saturated carbocycles. The Morgan fingerprint density at radius 2 is 1.88 bits per heavy atom. The van der Waals surface area contributed by atoms with Crippen LogP contribution >= 0.6 is 0 Å². The van der Waals surface area contributed by atoms with Gasteiger partial charge < -0.3 is 9.67 Å². The lowest BCUT2D eigenvalue weighted by atomic mass is 10.0. The van der Waals surface area contributed by atoms with Crippen molar-refractivity contribution in [3.63, 3.8) is 0 Å². The number of aliphatic hydroxyl groups is 1. The monoisotopic (exact) mass is 231 g/mol. The van der Waals surface area contributed by atoms with E-state index in [0.717, 1.165) is 21.9 Å². The molecule has 0 bridgehead atoms. The van der Waals surface area contributed by atoms with Gasteiger partial charge in [-0.25, -0.2) is 0 Å². The summed E-state index contributed by atoms with van der Waals surface area (Å²) in [4.78, 5) is 12.3.